The molecule has 10 heteroatoms. The molecule has 0 spiro atoms. The topological polar surface area (TPSA) is 85.2 Å². The molecule has 0 unspecified atom stereocenters. The number of anilines is 2. The lowest BCUT2D eigenvalue weighted by molar-refractivity contribution is -0.137. The molecule has 1 aliphatic heterocycles. The van der Waals surface area contributed by atoms with E-state index >= 15 is 0 Å². The molecule has 0 radical (unpaired) electrons. The Morgan fingerprint density at radius 1 is 1.19 bits per heavy atom. The minimum atomic E-state index is -4.63. The summed E-state index contributed by atoms with van der Waals surface area (Å²) >= 11 is 0. The number of para-hydroxylation sites is 1. The van der Waals surface area contributed by atoms with Crippen molar-refractivity contribution >= 4 is 23.3 Å². The minimum Gasteiger partial charge on any atom is -0.497 e. The lowest BCUT2D eigenvalue weighted by atomic mass is 10.1. The second-order valence-corrected chi connectivity index (χ2v) is 6.88. The number of carbonyl (C=O) groups is 2. The van der Waals surface area contributed by atoms with E-state index in [9.17, 15) is 22.8 Å². The zero-order valence-corrected chi connectivity index (χ0v) is 16.2. The van der Waals surface area contributed by atoms with Crippen molar-refractivity contribution in [2.75, 3.05) is 17.7 Å². The number of nitrogens with zero attached hydrogens (tertiary/aromatic N) is 2. The Hall–Kier alpha value is -3.82. The van der Waals surface area contributed by atoms with Crippen LogP contribution in [0, 0.1) is 0 Å². The van der Waals surface area contributed by atoms with Crippen LogP contribution in [0.5, 0.6) is 5.75 Å². The van der Waals surface area contributed by atoms with Crippen molar-refractivity contribution in [2.24, 2.45) is 0 Å². The Bertz CT molecular complexity index is 1140. The Labute approximate surface area is 174 Å². The molecule has 1 aliphatic rings. The third-order valence-electron chi connectivity index (χ3n) is 4.92. The predicted octanol–water partition coefficient (Wildman–Crippen LogP) is 4.10. The van der Waals surface area contributed by atoms with Crippen LogP contribution in [-0.2, 0) is 15.8 Å². The van der Waals surface area contributed by atoms with Gasteiger partial charge in [-0.3, -0.25) is 9.59 Å². The highest BCUT2D eigenvalue weighted by atomic mass is 19.4. The van der Waals surface area contributed by atoms with Crippen LogP contribution < -0.4 is 15.4 Å². The highest BCUT2D eigenvalue weighted by Gasteiger charge is 2.36. The normalized spacial score (nSPS) is 15.7. The van der Waals surface area contributed by atoms with Crippen LogP contribution in [0.15, 0.2) is 54.7 Å². The van der Waals surface area contributed by atoms with Crippen LogP contribution in [0.2, 0.25) is 0 Å². The van der Waals surface area contributed by atoms with Crippen molar-refractivity contribution in [1.29, 1.82) is 0 Å². The number of benzene rings is 2. The zero-order chi connectivity index (χ0) is 22.2. The van der Waals surface area contributed by atoms with E-state index in [1.807, 2.05) is 0 Å². The molecule has 2 amide bonds. The van der Waals surface area contributed by atoms with Gasteiger partial charge in [0.2, 0.25) is 11.8 Å². The van der Waals surface area contributed by atoms with Crippen molar-refractivity contribution < 1.29 is 27.5 Å². The smallest absolute Gasteiger partial charge is 0.418 e. The quantitative estimate of drug-likeness (QED) is 0.653. The first kappa shape index (κ1) is 20.5. The SMILES string of the molecule is COc1ccc(-c2cnn3c2NC(=O)C[C@H]3C(=O)Nc2ccccc2C(F)(F)F)cc1. The molecule has 2 aromatic carbocycles. The third-order valence-corrected chi connectivity index (χ3v) is 4.92. The summed E-state index contributed by atoms with van der Waals surface area (Å²) in [6.07, 6.45) is -3.39. The van der Waals surface area contributed by atoms with Gasteiger partial charge in [-0.1, -0.05) is 24.3 Å². The molecular weight excluding hydrogens is 413 g/mol. The summed E-state index contributed by atoms with van der Waals surface area (Å²) in [5.41, 5.74) is -0.0479. The lowest BCUT2D eigenvalue weighted by Crippen LogP contribution is -2.36. The highest BCUT2D eigenvalue weighted by molar-refractivity contribution is 6.03. The van der Waals surface area contributed by atoms with E-state index in [1.165, 1.54) is 30.1 Å². The predicted molar refractivity (Wildman–Crippen MR) is 107 cm³/mol. The first-order chi connectivity index (χ1) is 14.8. The highest BCUT2D eigenvalue weighted by Crippen LogP contribution is 2.37. The van der Waals surface area contributed by atoms with E-state index in [1.54, 1.807) is 24.3 Å². The molecule has 2 N–H and O–H groups in total. The van der Waals surface area contributed by atoms with Gasteiger partial charge >= 0.3 is 6.18 Å². The lowest BCUT2D eigenvalue weighted by Gasteiger charge is -2.25. The second kappa shape index (κ2) is 7.78. The van der Waals surface area contributed by atoms with Crippen molar-refractivity contribution in [2.45, 2.75) is 18.6 Å². The molecule has 1 aromatic heterocycles. The molecule has 31 heavy (non-hydrogen) atoms. The zero-order valence-electron chi connectivity index (χ0n) is 16.2. The van der Waals surface area contributed by atoms with E-state index in [0.29, 0.717) is 17.1 Å². The van der Waals surface area contributed by atoms with Gasteiger partial charge in [0.1, 0.15) is 17.6 Å². The number of carbonyl (C=O) groups excluding carboxylic acids is 2. The van der Waals surface area contributed by atoms with Gasteiger partial charge in [-0.05, 0) is 29.8 Å². The summed E-state index contributed by atoms with van der Waals surface area (Å²) in [6.45, 7) is 0. The maximum Gasteiger partial charge on any atom is 0.418 e. The van der Waals surface area contributed by atoms with Gasteiger partial charge in [0.05, 0.1) is 31.0 Å². The van der Waals surface area contributed by atoms with Gasteiger partial charge in [-0.25, -0.2) is 4.68 Å². The fourth-order valence-electron chi connectivity index (χ4n) is 3.41. The fourth-order valence-corrected chi connectivity index (χ4v) is 3.41. The van der Waals surface area contributed by atoms with Crippen molar-refractivity contribution in [1.82, 2.24) is 9.78 Å². The van der Waals surface area contributed by atoms with E-state index in [0.717, 1.165) is 17.7 Å². The molecular formula is C21H17F3N4O3. The first-order valence-electron chi connectivity index (χ1n) is 9.27. The summed E-state index contributed by atoms with van der Waals surface area (Å²) < 4.78 is 46.2. The van der Waals surface area contributed by atoms with E-state index in [2.05, 4.69) is 15.7 Å². The van der Waals surface area contributed by atoms with Gasteiger partial charge in [-0.2, -0.15) is 18.3 Å². The van der Waals surface area contributed by atoms with Crippen LogP contribution in [-0.4, -0.2) is 28.7 Å². The number of alkyl halides is 3. The number of ether oxygens (including phenoxy) is 1. The maximum absolute atomic E-state index is 13.2. The minimum absolute atomic E-state index is 0.253. The number of nitrogens with one attached hydrogen (secondary N) is 2. The summed E-state index contributed by atoms with van der Waals surface area (Å²) in [5.74, 6) is -0.260. The van der Waals surface area contributed by atoms with E-state index in [4.69, 9.17) is 4.74 Å². The Morgan fingerprint density at radius 3 is 2.58 bits per heavy atom. The summed E-state index contributed by atoms with van der Waals surface area (Å²) in [5, 5.41) is 9.20. The molecule has 1 atom stereocenters. The number of methoxy groups -OCH3 is 1. The van der Waals surface area contributed by atoms with Crippen molar-refractivity contribution in [3.05, 3.63) is 60.3 Å². The average Bonchev–Trinajstić information content (AvgIpc) is 3.16. The largest absolute Gasteiger partial charge is 0.497 e. The number of hydrogen-bond acceptors (Lipinski definition) is 4. The second-order valence-electron chi connectivity index (χ2n) is 6.88. The number of halogens is 3. The Balaban J connectivity index is 1.66. The molecule has 0 saturated carbocycles. The van der Waals surface area contributed by atoms with Crippen LogP contribution in [0.1, 0.15) is 18.0 Å². The molecule has 3 aromatic rings. The first-order valence-corrected chi connectivity index (χ1v) is 9.27. The fraction of sp³-hybridized carbons (Fsp3) is 0.190. The van der Waals surface area contributed by atoms with Crippen LogP contribution in [0.4, 0.5) is 24.7 Å². The van der Waals surface area contributed by atoms with Crippen molar-refractivity contribution in [3.8, 4) is 16.9 Å². The van der Waals surface area contributed by atoms with Crippen LogP contribution >= 0.6 is 0 Å². The van der Waals surface area contributed by atoms with Gasteiger partial charge in [0, 0.05) is 5.56 Å². The number of aromatic nitrogens is 2. The van der Waals surface area contributed by atoms with Gasteiger partial charge in [0.15, 0.2) is 0 Å². The van der Waals surface area contributed by atoms with Gasteiger partial charge < -0.3 is 15.4 Å². The molecule has 2 heterocycles. The molecule has 0 bridgehead atoms. The molecule has 160 valence electrons. The van der Waals surface area contributed by atoms with Crippen LogP contribution in [0.3, 0.4) is 0 Å². The Kier molecular flexibility index (Phi) is 5.14. The molecule has 0 saturated heterocycles. The monoisotopic (exact) mass is 430 g/mol. The molecule has 4 rings (SSSR count). The summed E-state index contributed by atoms with van der Waals surface area (Å²) in [4.78, 5) is 25.1. The molecule has 0 aliphatic carbocycles. The maximum atomic E-state index is 13.2. The van der Waals surface area contributed by atoms with Crippen LogP contribution in [0.25, 0.3) is 11.1 Å². The summed E-state index contributed by atoms with van der Waals surface area (Å²) in [7, 11) is 1.54. The number of rotatable bonds is 4. The number of hydrogen-bond donors (Lipinski definition) is 2. The number of fused-ring (bicyclic) bond motifs is 1. The van der Waals surface area contributed by atoms with Crippen molar-refractivity contribution in [3.63, 3.8) is 0 Å². The standard InChI is InChI=1S/C21H17F3N4O3/c1-31-13-8-6-12(7-9-13)14-11-25-28-17(10-18(29)27-19(14)28)20(30)26-16-5-3-2-4-15(16)21(22,23)24/h2-9,11,17H,10H2,1H3,(H,26,30)(H,27,29)/t17-/m0/s1. The molecule has 7 nitrogen and oxygen atoms in total. The Morgan fingerprint density at radius 2 is 1.90 bits per heavy atom. The van der Waals surface area contributed by atoms with E-state index in [-0.39, 0.29) is 12.1 Å². The summed E-state index contributed by atoms with van der Waals surface area (Å²) in [6, 6.07) is 10.6. The third kappa shape index (κ3) is 3.96. The average molecular weight is 430 g/mol. The van der Waals surface area contributed by atoms with Gasteiger partial charge in [-0.15, -0.1) is 0 Å². The molecule has 0 fully saturated rings. The van der Waals surface area contributed by atoms with E-state index < -0.39 is 29.6 Å². The number of amides is 2. The van der Waals surface area contributed by atoms with Gasteiger partial charge in [0.25, 0.3) is 0 Å².